The molecule has 0 saturated carbocycles. The van der Waals surface area contributed by atoms with Crippen molar-refractivity contribution in [1.29, 1.82) is 5.26 Å². The second-order valence-corrected chi connectivity index (χ2v) is 14.0. The van der Waals surface area contributed by atoms with Crippen molar-refractivity contribution in [2.24, 2.45) is 0 Å². The normalized spacial score (nSPS) is 11.6. The number of benzene rings is 8. The standard InChI is InChI=1S/C50H29N5/c1-52-42-27-32(31-51)28-49(54-44-20-10-6-15-36(44)37-16-7-11-21-45(37)54)50(42)55-46-22-12-8-18-39(46)41-29-33(24-26-47(41)55)34-23-25-40-38-17-5-9-19-43(38)53(48(40)30-34)35-13-3-2-4-14-35/h2-30H. The van der Waals surface area contributed by atoms with Crippen LogP contribution in [0, 0.1) is 17.9 Å². The number of nitriles is 1. The molecule has 0 unspecified atom stereocenters. The smallest absolute Gasteiger partial charge is 0.214 e. The molecule has 0 radical (unpaired) electrons. The van der Waals surface area contributed by atoms with Crippen molar-refractivity contribution in [3.8, 4) is 34.3 Å². The Morgan fingerprint density at radius 2 is 0.909 bits per heavy atom. The molecule has 11 rings (SSSR count). The van der Waals surface area contributed by atoms with Gasteiger partial charge in [0.05, 0.1) is 57.1 Å². The van der Waals surface area contributed by atoms with E-state index in [0.717, 1.165) is 77.3 Å². The predicted molar refractivity (Wildman–Crippen MR) is 226 cm³/mol. The summed E-state index contributed by atoms with van der Waals surface area (Å²) in [5.41, 5.74) is 12.1. The topological polar surface area (TPSA) is 42.9 Å². The molecular formula is C50H29N5. The SMILES string of the molecule is [C-]#[N+]c1cc(C#N)cc(-n2c3ccccc3c3ccccc32)c1-n1c2ccccc2c2cc(-c3ccc4c5ccccc5n(-c5ccccc5)c4c3)ccc21. The minimum Gasteiger partial charge on any atom is -0.317 e. The minimum atomic E-state index is 0.418. The second kappa shape index (κ2) is 11.8. The average Bonchev–Trinajstić information content (AvgIpc) is 3.88. The van der Waals surface area contributed by atoms with Crippen molar-refractivity contribution >= 4 is 71.1 Å². The lowest BCUT2D eigenvalue weighted by molar-refractivity contribution is 1.10. The molecule has 3 heterocycles. The number of fused-ring (bicyclic) bond motifs is 9. The van der Waals surface area contributed by atoms with Crippen molar-refractivity contribution < 1.29 is 0 Å². The average molecular weight is 700 g/mol. The fourth-order valence-corrected chi connectivity index (χ4v) is 8.73. The molecule has 3 aromatic heterocycles. The van der Waals surface area contributed by atoms with Gasteiger partial charge in [0.15, 0.2) is 0 Å². The van der Waals surface area contributed by atoms with E-state index in [2.05, 4.69) is 176 Å². The van der Waals surface area contributed by atoms with Crippen LogP contribution in [0.1, 0.15) is 5.56 Å². The van der Waals surface area contributed by atoms with Crippen LogP contribution in [0.3, 0.4) is 0 Å². The molecule has 254 valence electrons. The van der Waals surface area contributed by atoms with E-state index in [0.29, 0.717) is 11.3 Å². The summed E-state index contributed by atoms with van der Waals surface area (Å²) >= 11 is 0. The Hall–Kier alpha value is -7.86. The maximum absolute atomic E-state index is 10.2. The summed E-state index contributed by atoms with van der Waals surface area (Å²) in [5, 5.41) is 17.1. The van der Waals surface area contributed by atoms with E-state index in [1.807, 2.05) is 18.2 Å². The highest BCUT2D eigenvalue weighted by atomic mass is 15.1. The highest BCUT2D eigenvalue weighted by Gasteiger charge is 2.23. The molecule has 0 saturated heterocycles. The third-order valence-electron chi connectivity index (χ3n) is 11.1. The fraction of sp³-hybridized carbons (Fsp3) is 0. The third kappa shape index (κ3) is 4.45. The molecule has 0 bridgehead atoms. The van der Waals surface area contributed by atoms with Crippen LogP contribution >= 0.6 is 0 Å². The number of para-hydroxylation sites is 5. The first-order valence-corrected chi connectivity index (χ1v) is 18.3. The van der Waals surface area contributed by atoms with Gasteiger partial charge in [0.1, 0.15) is 0 Å². The summed E-state index contributed by atoms with van der Waals surface area (Å²) in [4.78, 5) is 4.09. The molecule has 0 N–H and O–H groups in total. The zero-order valence-corrected chi connectivity index (χ0v) is 29.5. The number of hydrogen-bond acceptors (Lipinski definition) is 1. The zero-order chi connectivity index (χ0) is 36.6. The van der Waals surface area contributed by atoms with E-state index >= 15 is 0 Å². The first-order chi connectivity index (χ1) is 27.2. The molecule has 5 nitrogen and oxygen atoms in total. The lowest BCUT2D eigenvalue weighted by Gasteiger charge is -2.19. The molecule has 0 aliphatic rings. The minimum absolute atomic E-state index is 0.418. The lowest BCUT2D eigenvalue weighted by atomic mass is 10.0. The molecule has 5 heteroatoms. The highest BCUT2D eigenvalue weighted by molar-refractivity contribution is 6.14. The maximum atomic E-state index is 10.2. The Balaban J connectivity index is 1.19. The van der Waals surface area contributed by atoms with Gasteiger partial charge in [0.25, 0.3) is 0 Å². The summed E-state index contributed by atoms with van der Waals surface area (Å²) in [6.07, 6.45) is 0. The van der Waals surface area contributed by atoms with Crippen LogP contribution in [0.25, 0.3) is 98.5 Å². The Labute approximate surface area is 316 Å². The molecule has 0 aliphatic carbocycles. The quantitative estimate of drug-likeness (QED) is 0.169. The molecule has 11 aromatic rings. The van der Waals surface area contributed by atoms with E-state index < -0.39 is 0 Å². The van der Waals surface area contributed by atoms with Crippen LogP contribution in [-0.2, 0) is 0 Å². The van der Waals surface area contributed by atoms with Crippen LogP contribution in [0.5, 0.6) is 0 Å². The van der Waals surface area contributed by atoms with E-state index in [4.69, 9.17) is 6.57 Å². The van der Waals surface area contributed by atoms with Gasteiger partial charge in [0, 0.05) is 43.6 Å². The van der Waals surface area contributed by atoms with Gasteiger partial charge in [-0.25, -0.2) is 4.85 Å². The highest BCUT2D eigenvalue weighted by Crippen LogP contribution is 2.43. The lowest BCUT2D eigenvalue weighted by Crippen LogP contribution is -2.04. The summed E-state index contributed by atoms with van der Waals surface area (Å²) in [6, 6.07) is 63.7. The van der Waals surface area contributed by atoms with Crippen molar-refractivity contribution in [3.63, 3.8) is 0 Å². The van der Waals surface area contributed by atoms with Crippen LogP contribution in [0.2, 0.25) is 0 Å². The molecule has 55 heavy (non-hydrogen) atoms. The predicted octanol–water partition coefficient (Wildman–Crippen LogP) is 13.1. The van der Waals surface area contributed by atoms with Gasteiger partial charge in [-0.1, -0.05) is 109 Å². The Kier molecular flexibility index (Phi) is 6.61. The summed E-state index contributed by atoms with van der Waals surface area (Å²) in [6.45, 7) is 8.45. The summed E-state index contributed by atoms with van der Waals surface area (Å²) in [5.74, 6) is 0. The van der Waals surface area contributed by atoms with Crippen molar-refractivity contribution in [2.45, 2.75) is 0 Å². The molecular weight excluding hydrogens is 671 g/mol. The molecule has 0 spiro atoms. The van der Waals surface area contributed by atoms with Crippen molar-refractivity contribution in [1.82, 2.24) is 13.7 Å². The van der Waals surface area contributed by atoms with Gasteiger partial charge in [-0.2, -0.15) is 5.26 Å². The second-order valence-electron chi connectivity index (χ2n) is 14.0. The van der Waals surface area contributed by atoms with E-state index in [9.17, 15) is 5.26 Å². The largest absolute Gasteiger partial charge is 0.317 e. The molecule has 0 atom stereocenters. The molecule has 0 aliphatic heterocycles. The first kappa shape index (κ1) is 30.7. The maximum Gasteiger partial charge on any atom is 0.214 e. The van der Waals surface area contributed by atoms with Crippen molar-refractivity contribution in [3.05, 3.63) is 193 Å². The van der Waals surface area contributed by atoms with Gasteiger partial charge in [-0.3, -0.25) is 0 Å². The van der Waals surface area contributed by atoms with Crippen molar-refractivity contribution in [2.75, 3.05) is 0 Å². The zero-order valence-electron chi connectivity index (χ0n) is 29.5. The fourth-order valence-electron chi connectivity index (χ4n) is 8.73. The molecule has 0 amide bonds. The van der Waals surface area contributed by atoms with Gasteiger partial charge in [-0.15, -0.1) is 0 Å². The van der Waals surface area contributed by atoms with Gasteiger partial charge < -0.3 is 13.7 Å². The monoisotopic (exact) mass is 699 g/mol. The van der Waals surface area contributed by atoms with Gasteiger partial charge in [0.2, 0.25) is 5.69 Å². The van der Waals surface area contributed by atoms with Crippen LogP contribution in [0.4, 0.5) is 5.69 Å². The van der Waals surface area contributed by atoms with E-state index in [1.54, 1.807) is 6.07 Å². The van der Waals surface area contributed by atoms with Gasteiger partial charge >= 0.3 is 0 Å². The summed E-state index contributed by atoms with van der Waals surface area (Å²) < 4.78 is 6.79. The number of aromatic nitrogens is 3. The van der Waals surface area contributed by atoms with Crippen LogP contribution in [-0.4, -0.2) is 13.7 Å². The number of nitrogens with zero attached hydrogens (tertiary/aromatic N) is 5. The Bertz CT molecular complexity index is 3400. The molecule has 0 fully saturated rings. The van der Waals surface area contributed by atoms with Gasteiger partial charge in [-0.05, 0) is 77.9 Å². The van der Waals surface area contributed by atoms with E-state index in [1.165, 1.54) is 16.3 Å². The molecule has 8 aromatic carbocycles. The Morgan fingerprint density at radius 3 is 1.53 bits per heavy atom. The summed E-state index contributed by atoms with van der Waals surface area (Å²) in [7, 11) is 0. The third-order valence-corrected chi connectivity index (χ3v) is 11.1. The Morgan fingerprint density at radius 1 is 0.418 bits per heavy atom. The number of hydrogen-bond donors (Lipinski definition) is 0. The first-order valence-electron chi connectivity index (χ1n) is 18.3. The van der Waals surface area contributed by atoms with Crippen LogP contribution in [0.15, 0.2) is 176 Å². The van der Waals surface area contributed by atoms with E-state index in [-0.39, 0.29) is 0 Å². The number of rotatable bonds is 4. The van der Waals surface area contributed by atoms with Crippen LogP contribution < -0.4 is 0 Å².